The highest BCUT2D eigenvalue weighted by Crippen LogP contribution is 2.35. The van der Waals surface area contributed by atoms with Gasteiger partial charge in [0.25, 0.3) is 0 Å². The summed E-state index contributed by atoms with van der Waals surface area (Å²) < 4.78 is 34.3. The Hall–Kier alpha value is -3.36. The van der Waals surface area contributed by atoms with Crippen molar-refractivity contribution >= 4 is 49.3 Å². The monoisotopic (exact) mass is 497 g/mol. The van der Waals surface area contributed by atoms with E-state index in [1.807, 2.05) is 25.1 Å². The van der Waals surface area contributed by atoms with Gasteiger partial charge in [0.15, 0.2) is 9.84 Å². The normalized spacial score (nSPS) is 16.9. The first kappa shape index (κ1) is 22.4. The van der Waals surface area contributed by atoms with Crippen molar-refractivity contribution in [3.63, 3.8) is 0 Å². The summed E-state index contributed by atoms with van der Waals surface area (Å²) in [7, 11) is -3.26. The number of benzene rings is 2. The fraction of sp³-hybridized carbons (Fsp3) is 0.200. The van der Waals surface area contributed by atoms with Gasteiger partial charge in [-0.1, -0.05) is 23.7 Å². The van der Waals surface area contributed by atoms with Gasteiger partial charge < -0.3 is 14.2 Å². The molecule has 2 aromatic heterocycles. The van der Waals surface area contributed by atoms with E-state index >= 15 is 0 Å². The van der Waals surface area contributed by atoms with Crippen LogP contribution in [0.4, 0.5) is 0 Å². The van der Waals surface area contributed by atoms with Gasteiger partial charge in [-0.2, -0.15) is 0 Å². The molecule has 1 atom stereocenters. The van der Waals surface area contributed by atoms with E-state index in [2.05, 4.69) is 5.32 Å². The maximum absolute atomic E-state index is 12.7. The lowest BCUT2D eigenvalue weighted by molar-refractivity contribution is -0.121. The van der Waals surface area contributed by atoms with Gasteiger partial charge in [-0.3, -0.25) is 4.79 Å². The predicted molar refractivity (Wildman–Crippen MR) is 131 cm³/mol. The second-order valence-corrected chi connectivity index (χ2v) is 10.7. The second kappa shape index (κ2) is 8.45. The number of furan rings is 1. The van der Waals surface area contributed by atoms with Gasteiger partial charge in [0, 0.05) is 44.8 Å². The number of fused-ring (bicyclic) bond motifs is 2. The van der Waals surface area contributed by atoms with E-state index < -0.39 is 21.5 Å². The summed E-state index contributed by atoms with van der Waals surface area (Å²) >= 11 is 6.01. The van der Waals surface area contributed by atoms with Gasteiger partial charge in [0.1, 0.15) is 11.2 Å². The highest BCUT2D eigenvalue weighted by Gasteiger charge is 2.23. The van der Waals surface area contributed by atoms with Crippen molar-refractivity contribution in [3.05, 3.63) is 80.7 Å². The molecule has 174 valence electrons. The average Bonchev–Trinajstić information content (AvgIpc) is 3.35. The van der Waals surface area contributed by atoms with Gasteiger partial charge in [-0.15, -0.1) is 0 Å². The molecule has 0 fully saturated rings. The molecule has 1 amide bonds. The van der Waals surface area contributed by atoms with Crippen LogP contribution >= 0.6 is 11.6 Å². The van der Waals surface area contributed by atoms with Crippen LogP contribution in [-0.2, 0) is 21.1 Å². The molecule has 0 saturated heterocycles. The number of carbonyl (C=O) groups excluding carboxylic acids is 1. The van der Waals surface area contributed by atoms with Crippen molar-refractivity contribution < 1.29 is 22.0 Å². The minimum absolute atomic E-state index is 0.0332. The maximum Gasteiger partial charge on any atom is 0.339 e. The molecular weight excluding hydrogens is 478 g/mol. The molecule has 0 bridgehead atoms. The van der Waals surface area contributed by atoms with Crippen LogP contribution in [0.1, 0.15) is 17.5 Å². The van der Waals surface area contributed by atoms with Crippen LogP contribution in [-0.4, -0.2) is 26.1 Å². The summed E-state index contributed by atoms with van der Waals surface area (Å²) in [5, 5.41) is 6.03. The van der Waals surface area contributed by atoms with E-state index in [0.29, 0.717) is 21.8 Å². The molecule has 0 spiro atoms. The second-order valence-electron chi connectivity index (χ2n) is 8.33. The Kier molecular flexibility index (Phi) is 5.58. The maximum atomic E-state index is 12.7. The zero-order chi connectivity index (χ0) is 24.0. The van der Waals surface area contributed by atoms with Crippen LogP contribution in [0.2, 0.25) is 5.02 Å². The number of halogens is 1. The van der Waals surface area contributed by atoms with E-state index in [-0.39, 0.29) is 24.5 Å². The number of carbonyl (C=O) groups is 1. The molecule has 0 aliphatic carbocycles. The van der Waals surface area contributed by atoms with Crippen molar-refractivity contribution in [3.8, 4) is 11.1 Å². The number of rotatable bonds is 5. The Balaban J connectivity index is 1.44. The SMILES string of the molecule is Cc1c(CCC(=O)N[C@@H]2C=CS(=O)(=O)C2)c(=O)oc2cc3occ(-c4ccc(Cl)cc4)c3cc12. The quantitative estimate of drug-likeness (QED) is 0.406. The number of hydrogen-bond acceptors (Lipinski definition) is 6. The van der Waals surface area contributed by atoms with E-state index in [9.17, 15) is 18.0 Å². The first-order valence-electron chi connectivity index (χ1n) is 10.6. The summed E-state index contributed by atoms with van der Waals surface area (Å²) in [6.07, 6.45) is 3.32. The highest BCUT2D eigenvalue weighted by molar-refractivity contribution is 7.94. The summed E-state index contributed by atoms with van der Waals surface area (Å²) in [6.45, 7) is 1.83. The Morgan fingerprint density at radius 2 is 1.91 bits per heavy atom. The van der Waals surface area contributed by atoms with E-state index in [1.165, 1.54) is 6.08 Å². The van der Waals surface area contributed by atoms with Gasteiger partial charge >= 0.3 is 5.63 Å². The first-order chi connectivity index (χ1) is 16.2. The molecule has 34 heavy (non-hydrogen) atoms. The molecule has 1 N–H and O–H groups in total. The zero-order valence-corrected chi connectivity index (χ0v) is 19.7. The fourth-order valence-corrected chi connectivity index (χ4v) is 5.60. The number of amides is 1. The topological polar surface area (TPSA) is 107 Å². The van der Waals surface area contributed by atoms with E-state index in [0.717, 1.165) is 32.9 Å². The third kappa shape index (κ3) is 4.26. The van der Waals surface area contributed by atoms with Crippen molar-refractivity contribution in [1.29, 1.82) is 0 Å². The molecule has 2 aromatic carbocycles. The standard InChI is InChI=1S/C25H20ClNO6S/c1-14-18(6-7-24(28)27-17-8-9-34(30,31)13-17)25(29)33-23-11-22-20(10-19(14)23)21(12-32-22)15-2-4-16(26)5-3-15/h2-5,8-12,17H,6-7,13H2,1H3,(H,27,28)/t17-/m1/s1. The summed E-state index contributed by atoms with van der Waals surface area (Å²) in [5.74, 6) is -0.479. The molecule has 4 aromatic rings. The van der Waals surface area contributed by atoms with Crippen LogP contribution in [0.15, 0.2) is 67.8 Å². The minimum atomic E-state index is -3.26. The molecule has 3 heterocycles. The molecule has 1 aliphatic rings. The van der Waals surface area contributed by atoms with Crippen molar-refractivity contribution in [1.82, 2.24) is 5.32 Å². The highest BCUT2D eigenvalue weighted by atomic mass is 35.5. The van der Waals surface area contributed by atoms with Gasteiger partial charge in [-0.25, -0.2) is 13.2 Å². The van der Waals surface area contributed by atoms with Gasteiger partial charge in [0.2, 0.25) is 5.91 Å². The number of nitrogens with one attached hydrogen (secondary N) is 1. The Morgan fingerprint density at radius 1 is 1.15 bits per heavy atom. The van der Waals surface area contributed by atoms with E-state index in [1.54, 1.807) is 24.5 Å². The Labute approximate surface area is 199 Å². The predicted octanol–water partition coefficient (Wildman–Crippen LogP) is 4.53. The van der Waals surface area contributed by atoms with Crippen molar-refractivity contribution in [2.45, 2.75) is 25.8 Å². The smallest absolute Gasteiger partial charge is 0.339 e. The van der Waals surface area contributed by atoms with Gasteiger partial charge in [0.05, 0.1) is 18.1 Å². The molecule has 9 heteroatoms. The van der Waals surface area contributed by atoms with E-state index in [4.69, 9.17) is 20.4 Å². The van der Waals surface area contributed by atoms with Crippen LogP contribution in [0.5, 0.6) is 0 Å². The lowest BCUT2D eigenvalue weighted by atomic mass is 9.99. The van der Waals surface area contributed by atoms with Crippen LogP contribution < -0.4 is 10.9 Å². The molecule has 0 saturated carbocycles. The van der Waals surface area contributed by atoms with Gasteiger partial charge in [-0.05, 0) is 48.7 Å². The Morgan fingerprint density at radius 3 is 2.62 bits per heavy atom. The summed E-state index contributed by atoms with van der Waals surface area (Å²) in [5.41, 5.74) is 3.45. The molecule has 1 aliphatic heterocycles. The minimum Gasteiger partial charge on any atom is -0.464 e. The molecule has 0 unspecified atom stereocenters. The molecular formula is C25H20ClNO6S. The number of hydrogen-bond donors (Lipinski definition) is 1. The number of aryl methyl sites for hydroxylation is 1. The van der Waals surface area contributed by atoms with Crippen LogP contribution in [0.3, 0.4) is 0 Å². The third-order valence-corrected chi connectivity index (χ3v) is 7.66. The zero-order valence-electron chi connectivity index (χ0n) is 18.1. The van der Waals surface area contributed by atoms with Crippen molar-refractivity contribution in [2.75, 3.05) is 5.75 Å². The largest absolute Gasteiger partial charge is 0.464 e. The average molecular weight is 498 g/mol. The lowest BCUT2D eigenvalue weighted by Crippen LogP contribution is -2.35. The lowest BCUT2D eigenvalue weighted by Gasteiger charge is -2.11. The Bertz CT molecular complexity index is 1630. The third-order valence-electron chi connectivity index (χ3n) is 6.02. The summed E-state index contributed by atoms with van der Waals surface area (Å²) in [4.78, 5) is 25.0. The molecule has 7 nitrogen and oxygen atoms in total. The fourth-order valence-electron chi connectivity index (χ4n) is 4.24. The summed E-state index contributed by atoms with van der Waals surface area (Å²) in [6, 6.07) is 10.5. The number of sulfone groups is 1. The molecule has 0 radical (unpaired) electrons. The van der Waals surface area contributed by atoms with Crippen molar-refractivity contribution in [2.24, 2.45) is 0 Å². The van der Waals surface area contributed by atoms with Crippen LogP contribution in [0.25, 0.3) is 33.1 Å². The molecule has 5 rings (SSSR count). The first-order valence-corrected chi connectivity index (χ1v) is 12.7. The van der Waals surface area contributed by atoms with Crippen LogP contribution in [0, 0.1) is 6.92 Å².